The van der Waals surface area contributed by atoms with Crippen LogP contribution in [0.2, 0.25) is 0 Å². The molecule has 7 heteroatoms. The van der Waals surface area contributed by atoms with Gasteiger partial charge in [-0.15, -0.1) is 0 Å². The van der Waals surface area contributed by atoms with Crippen molar-refractivity contribution in [2.45, 2.75) is 20.3 Å². The second-order valence-corrected chi connectivity index (χ2v) is 4.98. The van der Waals surface area contributed by atoms with Gasteiger partial charge in [0.05, 0.1) is 17.2 Å². The molecule has 1 aromatic rings. The molecule has 0 spiro atoms. The molecule has 7 nitrogen and oxygen atoms in total. The van der Waals surface area contributed by atoms with Gasteiger partial charge < -0.3 is 20.2 Å². The van der Waals surface area contributed by atoms with E-state index in [2.05, 4.69) is 10.6 Å². The van der Waals surface area contributed by atoms with Gasteiger partial charge in [0.1, 0.15) is 6.26 Å². The molecule has 0 saturated carbocycles. The fourth-order valence-corrected chi connectivity index (χ4v) is 1.27. The molecule has 0 radical (unpaired) electrons. The van der Waals surface area contributed by atoms with Crippen LogP contribution in [0.25, 0.3) is 0 Å². The normalized spacial score (nSPS) is 10.9. The Morgan fingerprint density at radius 2 is 2.00 bits per heavy atom. The van der Waals surface area contributed by atoms with Crippen LogP contribution in [-0.2, 0) is 9.59 Å². The van der Waals surface area contributed by atoms with Crippen LogP contribution in [0.5, 0.6) is 0 Å². The lowest BCUT2D eigenvalue weighted by molar-refractivity contribution is -0.146. The van der Waals surface area contributed by atoms with Crippen LogP contribution in [0.3, 0.4) is 0 Å². The fourth-order valence-electron chi connectivity index (χ4n) is 1.27. The van der Waals surface area contributed by atoms with Gasteiger partial charge in [-0.05, 0) is 19.9 Å². The third-order valence-corrected chi connectivity index (χ3v) is 2.73. The van der Waals surface area contributed by atoms with Crippen molar-refractivity contribution in [2.24, 2.45) is 5.41 Å². The molecule has 1 heterocycles. The summed E-state index contributed by atoms with van der Waals surface area (Å²) in [7, 11) is 0. The quantitative estimate of drug-likeness (QED) is 0.679. The van der Waals surface area contributed by atoms with Crippen LogP contribution in [0.4, 0.5) is 0 Å². The molecule has 1 aromatic heterocycles. The highest BCUT2D eigenvalue weighted by molar-refractivity contribution is 5.94. The summed E-state index contributed by atoms with van der Waals surface area (Å²) in [6.45, 7) is 3.26. The van der Waals surface area contributed by atoms with Gasteiger partial charge >= 0.3 is 5.97 Å². The summed E-state index contributed by atoms with van der Waals surface area (Å²) in [5, 5.41) is 14.0. The van der Waals surface area contributed by atoms with Gasteiger partial charge in [-0.25, -0.2) is 0 Å². The maximum absolute atomic E-state index is 11.5. The Hall–Kier alpha value is -2.31. The Bertz CT molecular complexity index is 479. The number of hydrogen-bond acceptors (Lipinski definition) is 4. The highest BCUT2D eigenvalue weighted by Crippen LogP contribution is 2.12. The van der Waals surface area contributed by atoms with Crippen molar-refractivity contribution < 1.29 is 23.9 Å². The highest BCUT2D eigenvalue weighted by Gasteiger charge is 2.27. The van der Waals surface area contributed by atoms with Crippen molar-refractivity contribution in [3.63, 3.8) is 0 Å². The predicted molar refractivity (Wildman–Crippen MR) is 70.1 cm³/mol. The molecule has 3 N–H and O–H groups in total. The topological polar surface area (TPSA) is 109 Å². The summed E-state index contributed by atoms with van der Waals surface area (Å²) in [6.07, 6.45) is 2.78. The molecule has 0 aliphatic heterocycles. The lowest BCUT2D eigenvalue weighted by Crippen LogP contribution is -2.40. The number of carboxylic acids is 1. The minimum absolute atomic E-state index is 0.0385. The van der Waals surface area contributed by atoms with E-state index in [1.807, 2.05) is 0 Å². The lowest BCUT2D eigenvalue weighted by Gasteiger charge is -2.19. The van der Waals surface area contributed by atoms with Gasteiger partial charge in [0.25, 0.3) is 5.91 Å². The third kappa shape index (κ3) is 4.75. The molecule has 0 fully saturated rings. The molecule has 20 heavy (non-hydrogen) atoms. The molecular weight excluding hydrogens is 264 g/mol. The largest absolute Gasteiger partial charge is 0.481 e. The molecule has 0 saturated heterocycles. The fraction of sp³-hybridized carbons (Fsp3) is 0.462. The Morgan fingerprint density at radius 1 is 1.30 bits per heavy atom. The van der Waals surface area contributed by atoms with Crippen LogP contribution < -0.4 is 10.6 Å². The summed E-state index contributed by atoms with van der Waals surface area (Å²) in [5.74, 6) is -1.62. The minimum atomic E-state index is -1.02. The van der Waals surface area contributed by atoms with E-state index in [-0.39, 0.29) is 31.3 Å². The second-order valence-electron chi connectivity index (χ2n) is 4.98. The van der Waals surface area contributed by atoms with Crippen molar-refractivity contribution in [2.75, 3.05) is 13.1 Å². The second kappa shape index (κ2) is 6.74. The number of hydrogen-bond donors (Lipinski definition) is 3. The molecule has 0 aromatic carbocycles. The minimum Gasteiger partial charge on any atom is -0.481 e. The van der Waals surface area contributed by atoms with Gasteiger partial charge in [-0.1, -0.05) is 0 Å². The first-order chi connectivity index (χ1) is 9.33. The first-order valence-electron chi connectivity index (χ1n) is 6.13. The SMILES string of the molecule is CC(C)(CNC(=O)CCNC(=O)c1ccoc1)C(=O)O. The van der Waals surface area contributed by atoms with Crippen molar-refractivity contribution in [1.29, 1.82) is 0 Å². The van der Waals surface area contributed by atoms with Crippen LogP contribution >= 0.6 is 0 Å². The average molecular weight is 282 g/mol. The summed E-state index contributed by atoms with van der Waals surface area (Å²) >= 11 is 0. The first-order valence-corrected chi connectivity index (χ1v) is 6.13. The zero-order valence-corrected chi connectivity index (χ0v) is 11.4. The molecule has 0 bridgehead atoms. The lowest BCUT2D eigenvalue weighted by atomic mass is 9.94. The smallest absolute Gasteiger partial charge is 0.310 e. The third-order valence-electron chi connectivity index (χ3n) is 2.73. The van der Waals surface area contributed by atoms with Crippen molar-refractivity contribution in [1.82, 2.24) is 10.6 Å². The van der Waals surface area contributed by atoms with Gasteiger partial charge in [0, 0.05) is 19.5 Å². The molecule has 2 amide bonds. The molecular formula is C13H18N2O5. The van der Waals surface area contributed by atoms with Gasteiger partial charge in [-0.3, -0.25) is 14.4 Å². The summed E-state index contributed by atoms with van der Waals surface area (Å²) in [4.78, 5) is 33.9. The number of furan rings is 1. The zero-order valence-electron chi connectivity index (χ0n) is 11.4. The molecule has 0 unspecified atom stereocenters. The van der Waals surface area contributed by atoms with E-state index < -0.39 is 11.4 Å². The van der Waals surface area contributed by atoms with Gasteiger partial charge in [0.15, 0.2) is 0 Å². The van der Waals surface area contributed by atoms with E-state index in [9.17, 15) is 14.4 Å². The molecule has 110 valence electrons. The van der Waals surface area contributed by atoms with Crippen LogP contribution in [0, 0.1) is 5.41 Å². The van der Waals surface area contributed by atoms with E-state index in [1.54, 1.807) is 0 Å². The molecule has 0 aliphatic rings. The number of aliphatic carboxylic acids is 1. The standard InChI is InChI=1S/C13H18N2O5/c1-13(2,12(18)19)8-15-10(16)3-5-14-11(17)9-4-6-20-7-9/h4,6-7H,3,5,8H2,1-2H3,(H,14,17)(H,15,16)(H,18,19). The average Bonchev–Trinajstić information content (AvgIpc) is 2.90. The maximum Gasteiger partial charge on any atom is 0.310 e. The Kier molecular flexibility index (Phi) is 5.31. The first kappa shape index (κ1) is 15.7. The van der Waals surface area contributed by atoms with E-state index in [1.165, 1.54) is 32.4 Å². The van der Waals surface area contributed by atoms with Gasteiger partial charge in [0.2, 0.25) is 5.91 Å². The van der Waals surface area contributed by atoms with E-state index in [0.717, 1.165) is 0 Å². The monoisotopic (exact) mass is 282 g/mol. The van der Waals surface area contributed by atoms with Crippen molar-refractivity contribution in [3.05, 3.63) is 24.2 Å². The highest BCUT2D eigenvalue weighted by atomic mass is 16.4. The van der Waals surface area contributed by atoms with E-state index in [0.29, 0.717) is 5.56 Å². The van der Waals surface area contributed by atoms with Crippen LogP contribution in [0.15, 0.2) is 23.0 Å². The van der Waals surface area contributed by atoms with E-state index >= 15 is 0 Å². The molecule has 0 atom stereocenters. The Morgan fingerprint density at radius 3 is 2.55 bits per heavy atom. The summed E-state index contributed by atoms with van der Waals surface area (Å²) in [5.41, 5.74) is -0.632. The van der Waals surface area contributed by atoms with E-state index in [4.69, 9.17) is 9.52 Å². The number of carboxylic acid groups (broad SMARTS) is 1. The van der Waals surface area contributed by atoms with Crippen LogP contribution in [-0.4, -0.2) is 36.0 Å². The number of carbonyl (C=O) groups is 3. The van der Waals surface area contributed by atoms with Crippen molar-refractivity contribution in [3.8, 4) is 0 Å². The Labute approximate surface area is 116 Å². The molecule has 0 aliphatic carbocycles. The number of amides is 2. The van der Waals surface area contributed by atoms with Crippen LogP contribution in [0.1, 0.15) is 30.6 Å². The number of nitrogens with one attached hydrogen (secondary N) is 2. The molecule has 1 rings (SSSR count). The number of carbonyl (C=O) groups excluding carboxylic acids is 2. The predicted octanol–water partition coefficient (Wildman–Crippen LogP) is 0.626. The van der Waals surface area contributed by atoms with Gasteiger partial charge in [-0.2, -0.15) is 0 Å². The Balaban J connectivity index is 2.24. The number of rotatable bonds is 7. The van der Waals surface area contributed by atoms with Crippen molar-refractivity contribution >= 4 is 17.8 Å². The summed E-state index contributed by atoms with van der Waals surface area (Å²) in [6, 6.07) is 1.52. The summed E-state index contributed by atoms with van der Waals surface area (Å²) < 4.78 is 4.77. The zero-order chi connectivity index (χ0) is 15.2. The maximum atomic E-state index is 11.5.